The average Bonchev–Trinajstić information content (AvgIpc) is 2.51. The summed E-state index contributed by atoms with van der Waals surface area (Å²) in [6.45, 7) is 4.76. The van der Waals surface area contributed by atoms with Crippen LogP contribution in [0.4, 0.5) is 5.82 Å². The number of hydrogen-bond donors (Lipinski definition) is 2. The quantitative estimate of drug-likeness (QED) is 0.779. The van der Waals surface area contributed by atoms with Crippen LogP contribution in [0, 0.1) is 6.92 Å². The molecule has 1 saturated heterocycles. The third-order valence-corrected chi connectivity index (χ3v) is 3.50. The zero-order chi connectivity index (χ0) is 12.4. The number of nitrogens with one attached hydrogen (secondary N) is 1. The van der Waals surface area contributed by atoms with Crippen molar-refractivity contribution in [1.82, 2.24) is 15.1 Å². The molecule has 0 aliphatic carbocycles. The lowest BCUT2D eigenvalue weighted by Gasteiger charge is -2.27. The smallest absolute Gasteiger partial charge is 0.259 e. The Bertz CT molecular complexity index is 393. The van der Waals surface area contributed by atoms with E-state index in [1.165, 1.54) is 12.8 Å². The van der Waals surface area contributed by atoms with E-state index in [4.69, 9.17) is 5.73 Å². The number of rotatable bonds is 1. The fraction of sp³-hybridized carbons (Fsp3) is 0.667. The molecular formula is C12H20N4O. The number of nitrogens with two attached hydrogens (primary N) is 1. The minimum Gasteiger partial charge on any atom is -0.382 e. The van der Waals surface area contributed by atoms with Gasteiger partial charge in [0.1, 0.15) is 5.56 Å². The molecule has 0 aromatic carbocycles. The zero-order valence-corrected chi connectivity index (χ0v) is 10.5. The van der Waals surface area contributed by atoms with Gasteiger partial charge in [0.05, 0.1) is 0 Å². The second-order valence-electron chi connectivity index (χ2n) is 4.81. The molecule has 1 fully saturated rings. The van der Waals surface area contributed by atoms with Gasteiger partial charge in [-0.1, -0.05) is 12.8 Å². The Morgan fingerprint density at radius 1 is 1.47 bits per heavy atom. The van der Waals surface area contributed by atoms with E-state index in [0.29, 0.717) is 17.4 Å². The highest BCUT2D eigenvalue weighted by atomic mass is 16.2. The number of aryl methyl sites for hydroxylation is 1. The van der Waals surface area contributed by atoms with Gasteiger partial charge >= 0.3 is 0 Å². The maximum absolute atomic E-state index is 12.5. The van der Waals surface area contributed by atoms with Crippen molar-refractivity contribution in [2.75, 3.05) is 12.3 Å². The molecule has 1 aromatic heterocycles. The first-order valence-corrected chi connectivity index (χ1v) is 6.22. The summed E-state index contributed by atoms with van der Waals surface area (Å²) in [6, 6.07) is 0.290. The van der Waals surface area contributed by atoms with Crippen LogP contribution in [-0.4, -0.2) is 33.6 Å². The first-order valence-electron chi connectivity index (χ1n) is 6.22. The van der Waals surface area contributed by atoms with E-state index in [1.807, 2.05) is 11.8 Å². The number of carbonyl (C=O) groups is 1. The molecule has 17 heavy (non-hydrogen) atoms. The van der Waals surface area contributed by atoms with Gasteiger partial charge in [-0.15, -0.1) is 0 Å². The highest BCUT2D eigenvalue weighted by Crippen LogP contribution is 2.22. The first kappa shape index (κ1) is 12.0. The van der Waals surface area contributed by atoms with Crippen molar-refractivity contribution in [3.8, 4) is 0 Å². The summed E-state index contributed by atoms with van der Waals surface area (Å²) in [6.07, 6.45) is 4.55. The maximum Gasteiger partial charge on any atom is 0.259 e. The van der Waals surface area contributed by atoms with E-state index in [1.54, 1.807) is 0 Å². The topological polar surface area (TPSA) is 75.0 Å². The lowest BCUT2D eigenvalue weighted by atomic mass is 10.1. The van der Waals surface area contributed by atoms with E-state index < -0.39 is 0 Å². The molecule has 1 aliphatic rings. The molecule has 1 amide bonds. The molecule has 1 unspecified atom stereocenters. The molecule has 0 bridgehead atoms. The molecule has 2 rings (SSSR count). The molecule has 0 radical (unpaired) electrons. The number of likely N-dealkylation sites (tertiary alicyclic amines) is 1. The van der Waals surface area contributed by atoms with E-state index >= 15 is 0 Å². The summed E-state index contributed by atoms with van der Waals surface area (Å²) < 4.78 is 0. The average molecular weight is 236 g/mol. The summed E-state index contributed by atoms with van der Waals surface area (Å²) in [5, 5.41) is 6.65. The number of nitrogen functional groups attached to an aromatic ring is 1. The fourth-order valence-corrected chi connectivity index (χ4v) is 2.44. The minimum atomic E-state index is 0.0168. The van der Waals surface area contributed by atoms with Crippen molar-refractivity contribution in [2.24, 2.45) is 0 Å². The van der Waals surface area contributed by atoms with Crippen LogP contribution in [0.15, 0.2) is 0 Å². The Morgan fingerprint density at radius 2 is 2.24 bits per heavy atom. The Morgan fingerprint density at radius 3 is 2.88 bits per heavy atom. The number of aromatic amines is 1. The SMILES string of the molecule is Cc1[nH]nc(N)c1C(=O)N1CCCCCC1C. The van der Waals surface area contributed by atoms with Crippen LogP contribution in [0.25, 0.3) is 0 Å². The molecular weight excluding hydrogens is 216 g/mol. The third kappa shape index (κ3) is 2.28. The maximum atomic E-state index is 12.5. The van der Waals surface area contributed by atoms with Crippen molar-refractivity contribution in [2.45, 2.75) is 45.6 Å². The summed E-state index contributed by atoms with van der Waals surface area (Å²) in [7, 11) is 0. The second kappa shape index (κ2) is 4.77. The molecule has 94 valence electrons. The largest absolute Gasteiger partial charge is 0.382 e. The predicted molar refractivity (Wildman–Crippen MR) is 66.7 cm³/mol. The normalized spacial score (nSPS) is 21.3. The molecule has 0 spiro atoms. The molecule has 1 atom stereocenters. The minimum absolute atomic E-state index is 0.0168. The monoisotopic (exact) mass is 236 g/mol. The number of aromatic nitrogens is 2. The van der Waals surface area contributed by atoms with Crippen LogP contribution in [-0.2, 0) is 0 Å². The first-order chi connectivity index (χ1) is 8.11. The van der Waals surface area contributed by atoms with Gasteiger partial charge in [-0.3, -0.25) is 9.89 Å². The van der Waals surface area contributed by atoms with E-state index in [2.05, 4.69) is 17.1 Å². The summed E-state index contributed by atoms with van der Waals surface area (Å²) in [5.41, 5.74) is 7.04. The number of nitrogens with zero attached hydrogens (tertiary/aromatic N) is 2. The number of amides is 1. The zero-order valence-electron chi connectivity index (χ0n) is 10.5. The van der Waals surface area contributed by atoms with Gasteiger partial charge in [-0.25, -0.2) is 0 Å². The lowest BCUT2D eigenvalue weighted by molar-refractivity contribution is 0.0698. The van der Waals surface area contributed by atoms with Crippen molar-refractivity contribution >= 4 is 11.7 Å². The van der Waals surface area contributed by atoms with E-state index in [9.17, 15) is 4.79 Å². The molecule has 0 saturated carbocycles. The van der Waals surface area contributed by atoms with Gasteiger partial charge in [0.2, 0.25) is 0 Å². The number of carbonyl (C=O) groups excluding carboxylic acids is 1. The van der Waals surface area contributed by atoms with Gasteiger partial charge in [0.25, 0.3) is 5.91 Å². The van der Waals surface area contributed by atoms with Crippen LogP contribution in [0.3, 0.4) is 0 Å². The Kier molecular flexibility index (Phi) is 3.36. The Labute approximate surface area is 101 Å². The third-order valence-electron chi connectivity index (χ3n) is 3.50. The van der Waals surface area contributed by atoms with Crippen LogP contribution in [0.1, 0.15) is 48.7 Å². The summed E-state index contributed by atoms with van der Waals surface area (Å²) in [4.78, 5) is 14.4. The number of hydrogen-bond acceptors (Lipinski definition) is 3. The van der Waals surface area contributed by atoms with Crippen LogP contribution < -0.4 is 5.73 Å². The van der Waals surface area contributed by atoms with Gasteiger partial charge in [-0.05, 0) is 26.7 Å². The van der Waals surface area contributed by atoms with Crippen LogP contribution >= 0.6 is 0 Å². The molecule has 1 aliphatic heterocycles. The van der Waals surface area contributed by atoms with Gasteiger partial charge in [0, 0.05) is 18.3 Å². The van der Waals surface area contributed by atoms with Crippen molar-refractivity contribution < 1.29 is 4.79 Å². The number of anilines is 1. The fourth-order valence-electron chi connectivity index (χ4n) is 2.44. The van der Waals surface area contributed by atoms with Crippen molar-refractivity contribution in [1.29, 1.82) is 0 Å². The van der Waals surface area contributed by atoms with Gasteiger partial charge in [0.15, 0.2) is 5.82 Å². The summed E-state index contributed by atoms with van der Waals surface area (Å²) in [5.74, 6) is 0.326. The molecule has 5 heteroatoms. The molecule has 3 N–H and O–H groups in total. The molecule has 1 aromatic rings. The highest BCUT2D eigenvalue weighted by Gasteiger charge is 2.26. The Balaban J connectivity index is 2.24. The van der Waals surface area contributed by atoms with Crippen molar-refractivity contribution in [3.05, 3.63) is 11.3 Å². The van der Waals surface area contributed by atoms with Gasteiger partial charge in [-0.2, -0.15) is 5.10 Å². The van der Waals surface area contributed by atoms with Crippen LogP contribution in [0.5, 0.6) is 0 Å². The van der Waals surface area contributed by atoms with Gasteiger partial charge < -0.3 is 10.6 Å². The van der Waals surface area contributed by atoms with E-state index in [0.717, 1.165) is 25.1 Å². The second-order valence-corrected chi connectivity index (χ2v) is 4.81. The standard InChI is InChI=1S/C12H20N4O/c1-8-6-4-3-5-7-16(8)12(17)10-9(2)14-15-11(10)13/h8H,3-7H2,1-2H3,(H3,13,14,15). The van der Waals surface area contributed by atoms with Crippen LogP contribution in [0.2, 0.25) is 0 Å². The molecule has 2 heterocycles. The highest BCUT2D eigenvalue weighted by molar-refractivity contribution is 5.99. The van der Waals surface area contributed by atoms with Crippen molar-refractivity contribution in [3.63, 3.8) is 0 Å². The summed E-state index contributed by atoms with van der Waals surface area (Å²) >= 11 is 0. The predicted octanol–water partition coefficient (Wildman–Crippen LogP) is 1.71. The lowest BCUT2D eigenvalue weighted by Crippen LogP contribution is -2.38. The molecule has 5 nitrogen and oxygen atoms in total. The number of H-pyrrole nitrogens is 1. The Hall–Kier alpha value is -1.52. The van der Waals surface area contributed by atoms with E-state index in [-0.39, 0.29) is 5.91 Å².